The average molecular weight is 319 g/mol. The van der Waals surface area contributed by atoms with E-state index in [1.54, 1.807) is 0 Å². The first-order valence-electron chi connectivity index (χ1n) is 3.99. The smallest absolute Gasteiger partial charge is 0.303 e. The van der Waals surface area contributed by atoms with Gasteiger partial charge < -0.3 is 5.11 Å². The SMILES string of the molecule is CCCCCCCC(=O)O.[Lu]. The number of hydrogen-bond acceptors (Lipinski definition) is 1. The number of hydrogen-bond donors (Lipinski definition) is 1. The van der Waals surface area contributed by atoms with Gasteiger partial charge in [-0.1, -0.05) is 32.6 Å². The van der Waals surface area contributed by atoms with Crippen molar-refractivity contribution in [2.75, 3.05) is 0 Å². The first-order chi connectivity index (χ1) is 4.77. The van der Waals surface area contributed by atoms with Crippen molar-refractivity contribution in [3.63, 3.8) is 0 Å². The molecule has 3 heteroatoms. The Balaban J connectivity index is 0. The number of rotatable bonds is 6. The van der Waals surface area contributed by atoms with E-state index in [0.29, 0.717) is 6.42 Å². The molecule has 0 unspecified atom stereocenters. The normalized spacial score (nSPS) is 8.82. The van der Waals surface area contributed by atoms with Crippen molar-refractivity contribution in [1.29, 1.82) is 0 Å². The maximum absolute atomic E-state index is 10.0. The second kappa shape index (κ2) is 10.7. The van der Waals surface area contributed by atoms with E-state index in [-0.39, 0.29) is 36.9 Å². The van der Waals surface area contributed by atoms with Gasteiger partial charge in [0.1, 0.15) is 0 Å². The van der Waals surface area contributed by atoms with Crippen molar-refractivity contribution >= 4 is 5.97 Å². The molecular weight excluding hydrogens is 303 g/mol. The Morgan fingerprint density at radius 2 is 1.73 bits per heavy atom. The Labute approximate surface area is 97.6 Å². The second-order valence-corrected chi connectivity index (χ2v) is 2.56. The molecule has 11 heavy (non-hydrogen) atoms. The summed E-state index contributed by atoms with van der Waals surface area (Å²) in [5.74, 6) is -0.670. The maximum atomic E-state index is 10.0. The van der Waals surface area contributed by atoms with Crippen LogP contribution in [0.3, 0.4) is 0 Å². The molecule has 0 heterocycles. The Morgan fingerprint density at radius 1 is 1.18 bits per heavy atom. The molecule has 0 rings (SSSR count). The van der Waals surface area contributed by atoms with Crippen molar-refractivity contribution in [2.24, 2.45) is 0 Å². The summed E-state index contributed by atoms with van der Waals surface area (Å²) in [6.07, 6.45) is 5.88. The monoisotopic (exact) mass is 319 g/mol. The number of carboxylic acid groups (broad SMARTS) is 1. The number of unbranched alkanes of at least 4 members (excludes halogenated alkanes) is 4. The van der Waals surface area contributed by atoms with Gasteiger partial charge in [-0.3, -0.25) is 4.79 Å². The minimum Gasteiger partial charge on any atom is -0.481 e. The molecule has 0 saturated carbocycles. The van der Waals surface area contributed by atoms with Crippen LogP contribution >= 0.6 is 0 Å². The summed E-state index contributed by atoms with van der Waals surface area (Å²) < 4.78 is 0. The van der Waals surface area contributed by atoms with Crippen LogP contribution in [0.4, 0.5) is 0 Å². The van der Waals surface area contributed by atoms with Crippen molar-refractivity contribution < 1.29 is 46.8 Å². The van der Waals surface area contributed by atoms with Crippen LogP contribution in [0.25, 0.3) is 0 Å². The third kappa shape index (κ3) is 13.7. The third-order valence-electron chi connectivity index (χ3n) is 1.49. The van der Waals surface area contributed by atoms with E-state index in [2.05, 4.69) is 6.92 Å². The third-order valence-corrected chi connectivity index (χ3v) is 1.49. The summed E-state index contributed by atoms with van der Waals surface area (Å²) in [5.41, 5.74) is 0. The zero-order valence-electron chi connectivity index (χ0n) is 6.86. The first-order valence-corrected chi connectivity index (χ1v) is 3.99. The van der Waals surface area contributed by atoms with Crippen molar-refractivity contribution in [3.05, 3.63) is 0 Å². The zero-order chi connectivity index (χ0) is 7.82. The molecule has 75 valence electrons. The molecule has 0 fully saturated rings. The number of aliphatic carboxylic acids is 1. The molecule has 0 atom stereocenters. The van der Waals surface area contributed by atoms with Gasteiger partial charge in [0.25, 0.3) is 0 Å². The predicted octanol–water partition coefficient (Wildman–Crippen LogP) is 2.43. The van der Waals surface area contributed by atoms with E-state index < -0.39 is 5.97 Å². The van der Waals surface area contributed by atoms with E-state index in [1.165, 1.54) is 19.3 Å². The number of carboxylic acids is 1. The maximum Gasteiger partial charge on any atom is 0.303 e. The zero-order valence-corrected chi connectivity index (χ0v) is 8.51. The summed E-state index contributed by atoms with van der Waals surface area (Å²) in [6, 6.07) is 0. The molecule has 0 aliphatic heterocycles. The summed E-state index contributed by atoms with van der Waals surface area (Å²) in [7, 11) is 0. The molecular formula is C8H16LuO2. The van der Waals surface area contributed by atoms with Crippen molar-refractivity contribution in [1.82, 2.24) is 0 Å². The Bertz CT molecular complexity index is 94.1. The topological polar surface area (TPSA) is 37.3 Å². The van der Waals surface area contributed by atoms with Gasteiger partial charge in [0.2, 0.25) is 0 Å². The summed E-state index contributed by atoms with van der Waals surface area (Å²) in [6.45, 7) is 2.15. The molecule has 0 amide bonds. The van der Waals surface area contributed by atoms with Crippen LogP contribution in [0.5, 0.6) is 0 Å². The van der Waals surface area contributed by atoms with Crippen molar-refractivity contribution in [3.8, 4) is 0 Å². The van der Waals surface area contributed by atoms with Crippen LogP contribution in [0.2, 0.25) is 0 Å². The standard InChI is InChI=1S/C8H16O2.Lu/c1-2-3-4-5-6-7-8(9)10;/h2-7H2,1H3,(H,9,10);. The van der Waals surface area contributed by atoms with Crippen LogP contribution in [0.15, 0.2) is 0 Å². The number of carbonyl (C=O) groups is 1. The quantitative estimate of drug-likeness (QED) is 0.764. The van der Waals surface area contributed by atoms with E-state index >= 15 is 0 Å². The van der Waals surface area contributed by atoms with Gasteiger partial charge in [0, 0.05) is 43.3 Å². The van der Waals surface area contributed by atoms with Crippen LogP contribution in [0, 0.1) is 36.9 Å². The summed E-state index contributed by atoms with van der Waals surface area (Å²) >= 11 is 0. The van der Waals surface area contributed by atoms with Gasteiger partial charge in [-0.05, 0) is 6.42 Å². The van der Waals surface area contributed by atoms with Gasteiger partial charge in [-0.25, -0.2) is 0 Å². The van der Waals surface area contributed by atoms with E-state index in [1.807, 2.05) is 0 Å². The first kappa shape index (κ1) is 14.2. The van der Waals surface area contributed by atoms with E-state index in [4.69, 9.17) is 5.11 Å². The van der Waals surface area contributed by atoms with Crippen molar-refractivity contribution in [2.45, 2.75) is 45.4 Å². The fraction of sp³-hybridized carbons (Fsp3) is 0.875. The van der Waals surface area contributed by atoms with E-state index in [0.717, 1.165) is 12.8 Å². The second-order valence-electron chi connectivity index (χ2n) is 2.56. The summed E-state index contributed by atoms with van der Waals surface area (Å²) in [4.78, 5) is 10.0. The van der Waals surface area contributed by atoms with Crippen LogP contribution in [-0.4, -0.2) is 11.1 Å². The Morgan fingerprint density at radius 3 is 2.18 bits per heavy atom. The fourth-order valence-electron chi connectivity index (χ4n) is 0.880. The largest absolute Gasteiger partial charge is 0.481 e. The van der Waals surface area contributed by atoms with E-state index in [9.17, 15) is 4.79 Å². The van der Waals surface area contributed by atoms with Gasteiger partial charge in [-0.15, -0.1) is 0 Å². The molecule has 1 N–H and O–H groups in total. The van der Waals surface area contributed by atoms with Crippen LogP contribution in [0.1, 0.15) is 45.4 Å². The predicted molar refractivity (Wildman–Crippen MR) is 41.0 cm³/mol. The van der Waals surface area contributed by atoms with Crippen LogP contribution in [-0.2, 0) is 4.79 Å². The molecule has 0 saturated heterocycles. The molecule has 0 aliphatic rings. The molecule has 0 aliphatic carbocycles. The average Bonchev–Trinajstić information content (AvgIpc) is 1.87. The van der Waals surface area contributed by atoms with Gasteiger partial charge in [-0.2, -0.15) is 0 Å². The van der Waals surface area contributed by atoms with Gasteiger partial charge in [0.15, 0.2) is 0 Å². The molecule has 0 spiro atoms. The Hall–Kier alpha value is 0.704. The summed E-state index contributed by atoms with van der Waals surface area (Å²) in [5, 5.41) is 8.27. The minimum absolute atomic E-state index is 0. The van der Waals surface area contributed by atoms with Crippen LogP contribution < -0.4 is 0 Å². The molecule has 2 nitrogen and oxygen atoms in total. The fourth-order valence-corrected chi connectivity index (χ4v) is 0.880. The molecule has 0 aromatic carbocycles. The molecule has 0 bridgehead atoms. The molecule has 1 radical (unpaired) electrons. The van der Waals surface area contributed by atoms with Gasteiger partial charge in [0.05, 0.1) is 0 Å². The van der Waals surface area contributed by atoms with Gasteiger partial charge >= 0.3 is 5.97 Å². The Kier molecular flexibility index (Phi) is 13.9. The molecule has 0 aromatic rings. The minimum atomic E-state index is -0.670. The molecule has 0 aromatic heterocycles.